The summed E-state index contributed by atoms with van der Waals surface area (Å²) in [6.45, 7) is 6.05. The summed E-state index contributed by atoms with van der Waals surface area (Å²) in [5.41, 5.74) is 1.08. The molecule has 0 spiro atoms. The van der Waals surface area contributed by atoms with Crippen molar-refractivity contribution >= 4 is 0 Å². The van der Waals surface area contributed by atoms with Crippen molar-refractivity contribution in [2.24, 2.45) is 5.41 Å². The Kier molecular flexibility index (Phi) is 5.35. The zero-order valence-corrected chi connectivity index (χ0v) is 10.1. The van der Waals surface area contributed by atoms with Crippen LogP contribution in [-0.2, 0) is 6.54 Å². The van der Waals surface area contributed by atoms with E-state index in [-0.39, 0.29) is 12.0 Å². The van der Waals surface area contributed by atoms with E-state index >= 15 is 0 Å². The Hall–Kier alpha value is -1.00. The number of aliphatic hydroxyl groups is 1. The minimum absolute atomic E-state index is 0.00956. The molecule has 0 unspecified atom stereocenters. The average molecular weight is 223 g/mol. The first-order valence-corrected chi connectivity index (χ1v) is 5.82. The molecule has 0 amide bonds. The molecule has 0 bridgehead atoms. The normalized spacial score (nSPS) is 11.7. The molecule has 1 aromatic rings. The fraction of sp³-hybridized carbons (Fsp3) is 0.667. The Labute approximate surface area is 97.1 Å². The summed E-state index contributed by atoms with van der Waals surface area (Å²) in [5, 5.41) is 12.8. The molecule has 16 heavy (non-hydrogen) atoms. The van der Waals surface area contributed by atoms with Crippen LogP contribution >= 0.6 is 0 Å². The summed E-state index contributed by atoms with van der Waals surface area (Å²) in [6.07, 6.45) is 7.10. The van der Waals surface area contributed by atoms with Crippen LogP contribution < -0.4 is 5.32 Å². The Bertz CT molecular complexity index is 277. The fourth-order valence-electron chi connectivity index (χ4n) is 1.67. The average Bonchev–Trinajstić information content (AvgIpc) is 2.37. The molecule has 4 heteroatoms. The number of nitrogens with one attached hydrogen (secondary N) is 1. The zero-order valence-electron chi connectivity index (χ0n) is 10.1. The molecule has 2 N–H and O–H groups in total. The second-order valence-electron chi connectivity index (χ2n) is 4.22. The van der Waals surface area contributed by atoms with Gasteiger partial charge in [-0.3, -0.25) is 0 Å². The van der Waals surface area contributed by atoms with Crippen LogP contribution in [0.4, 0.5) is 0 Å². The van der Waals surface area contributed by atoms with Gasteiger partial charge in [-0.1, -0.05) is 13.8 Å². The van der Waals surface area contributed by atoms with Crippen molar-refractivity contribution in [1.82, 2.24) is 15.3 Å². The minimum Gasteiger partial charge on any atom is -0.396 e. The summed E-state index contributed by atoms with van der Waals surface area (Å²) in [7, 11) is 0. The highest BCUT2D eigenvalue weighted by molar-refractivity contribution is 5.01. The summed E-state index contributed by atoms with van der Waals surface area (Å²) in [4.78, 5) is 7.92. The van der Waals surface area contributed by atoms with Crippen molar-refractivity contribution in [2.45, 2.75) is 33.2 Å². The third-order valence-corrected chi connectivity index (χ3v) is 3.28. The van der Waals surface area contributed by atoms with Gasteiger partial charge in [0.1, 0.15) is 6.33 Å². The Morgan fingerprint density at radius 3 is 2.38 bits per heavy atom. The topological polar surface area (TPSA) is 58.0 Å². The first-order valence-electron chi connectivity index (χ1n) is 5.82. The standard InChI is InChI=1S/C12H21N3O/c1-3-12(4-2,9-16)8-13-5-11-6-14-10-15-7-11/h6-7,10,13,16H,3-5,8-9H2,1-2H3. The van der Waals surface area contributed by atoms with Crippen molar-refractivity contribution in [3.8, 4) is 0 Å². The first-order chi connectivity index (χ1) is 7.76. The van der Waals surface area contributed by atoms with Gasteiger partial charge < -0.3 is 10.4 Å². The molecule has 0 atom stereocenters. The molecule has 0 aliphatic rings. The van der Waals surface area contributed by atoms with Crippen LogP contribution in [0.1, 0.15) is 32.3 Å². The van der Waals surface area contributed by atoms with Crippen LogP contribution in [0.5, 0.6) is 0 Å². The molecule has 1 aromatic heterocycles. The highest BCUT2D eigenvalue weighted by atomic mass is 16.3. The van der Waals surface area contributed by atoms with Crippen LogP contribution in [0.15, 0.2) is 18.7 Å². The van der Waals surface area contributed by atoms with Crippen molar-refractivity contribution in [3.63, 3.8) is 0 Å². The van der Waals surface area contributed by atoms with E-state index in [0.29, 0.717) is 0 Å². The Morgan fingerprint density at radius 2 is 1.88 bits per heavy atom. The molecule has 90 valence electrons. The highest BCUT2D eigenvalue weighted by Crippen LogP contribution is 2.24. The lowest BCUT2D eigenvalue weighted by molar-refractivity contribution is 0.113. The summed E-state index contributed by atoms with van der Waals surface area (Å²) in [6, 6.07) is 0. The van der Waals surface area contributed by atoms with E-state index in [1.165, 1.54) is 6.33 Å². The lowest BCUT2D eigenvalue weighted by Gasteiger charge is -2.29. The van der Waals surface area contributed by atoms with Gasteiger partial charge in [-0.25, -0.2) is 9.97 Å². The second-order valence-corrected chi connectivity index (χ2v) is 4.22. The molecule has 0 radical (unpaired) electrons. The number of aliphatic hydroxyl groups excluding tert-OH is 1. The van der Waals surface area contributed by atoms with Crippen LogP contribution in [0, 0.1) is 5.41 Å². The molecule has 0 fully saturated rings. The van der Waals surface area contributed by atoms with Crippen molar-refractivity contribution in [3.05, 3.63) is 24.3 Å². The molecule has 0 aromatic carbocycles. The molecule has 1 heterocycles. The number of nitrogens with zero attached hydrogens (tertiary/aromatic N) is 2. The van der Waals surface area contributed by atoms with E-state index in [1.54, 1.807) is 12.4 Å². The summed E-state index contributed by atoms with van der Waals surface area (Å²) >= 11 is 0. The van der Waals surface area contributed by atoms with Gasteiger partial charge in [0.15, 0.2) is 0 Å². The van der Waals surface area contributed by atoms with Gasteiger partial charge in [-0.15, -0.1) is 0 Å². The zero-order chi connectivity index (χ0) is 11.9. The van der Waals surface area contributed by atoms with Gasteiger partial charge in [-0.2, -0.15) is 0 Å². The van der Waals surface area contributed by atoms with E-state index in [0.717, 1.165) is 31.5 Å². The number of hydrogen-bond acceptors (Lipinski definition) is 4. The van der Waals surface area contributed by atoms with Gasteiger partial charge in [-0.05, 0) is 12.8 Å². The van der Waals surface area contributed by atoms with Crippen LogP contribution in [0.2, 0.25) is 0 Å². The second kappa shape index (κ2) is 6.55. The van der Waals surface area contributed by atoms with Crippen molar-refractivity contribution in [2.75, 3.05) is 13.2 Å². The van der Waals surface area contributed by atoms with E-state index in [1.807, 2.05) is 0 Å². The van der Waals surface area contributed by atoms with Gasteiger partial charge in [0, 0.05) is 43.1 Å². The monoisotopic (exact) mass is 223 g/mol. The smallest absolute Gasteiger partial charge is 0.115 e. The predicted octanol–water partition coefficient (Wildman–Crippen LogP) is 1.36. The Morgan fingerprint density at radius 1 is 1.25 bits per heavy atom. The number of aromatic nitrogens is 2. The van der Waals surface area contributed by atoms with Crippen LogP contribution in [-0.4, -0.2) is 28.2 Å². The molecule has 0 saturated heterocycles. The van der Waals surface area contributed by atoms with E-state index < -0.39 is 0 Å². The quantitative estimate of drug-likeness (QED) is 0.733. The van der Waals surface area contributed by atoms with Gasteiger partial charge >= 0.3 is 0 Å². The Balaban J connectivity index is 2.39. The third kappa shape index (κ3) is 3.54. The molecular weight excluding hydrogens is 202 g/mol. The third-order valence-electron chi connectivity index (χ3n) is 3.28. The van der Waals surface area contributed by atoms with E-state index in [2.05, 4.69) is 29.1 Å². The number of rotatable bonds is 7. The first kappa shape index (κ1) is 13.1. The SMILES string of the molecule is CCC(CC)(CO)CNCc1cncnc1. The van der Waals surface area contributed by atoms with Gasteiger partial charge in [0.05, 0.1) is 0 Å². The van der Waals surface area contributed by atoms with Crippen molar-refractivity contribution < 1.29 is 5.11 Å². The molecule has 0 aliphatic heterocycles. The van der Waals surface area contributed by atoms with Crippen LogP contribution in [0.25, 0.3) is 0 Å². The van der Waals surface area contributed by atoms with Gasteiger partial charge in [0.25, 0.3) is 0 Å². The maximum Gasteiger partial charge on any atom is 0.115 e. The van der Waals surface area contributed by atoms with Crippen LogP contribution in [0.3, 0.4) is 0 Å². The summed E-state index contributed by atoms with van der Waals surface area (Å²) in [5.74, 6) is 0. The molecular formula is C12H21N3O. The van der Waals surface area contributed by atoms with E-state index in [9.17, 15) is 5.11 Å². The predicted molar refractivity (Wildman–Crippen MR) is 63.8 cm³/mol. The molecule has 1 rings (SSSR count). The minimum atomic E-state index is 0.00956. The maximum absolute atomic E-state index is 9.41. The summed E-state index contributed by atoms with van der Waals surface area (Å²) < 4.78 is 0. The largest absolute Gasteiger partial charge is 0.396 e. The fourth-order valence-corrected chi connectivity index (χ4v) is 1.67. The van der Waals surface area contributed by atoms with Crippen molar-refractivity contribution in [1.29, 1.82) is 0 Å². The number of hydrogen-bond donors (Lipinski definition) is 2. The lowest BCUT2D eigenvalue weighted by atomic mass is 9.83. The lowest BCUT2D eigenvalue weighted by Crippen LogP contribution is -2.36. The van der Waals surface area contributed by atoms with E-state index in [4.69, 9.17) is 0 Å². The molecule has 4 nitrogen and oxygen atoms in total. The molecule has 0 saturated carbocycles. The maximum atomic E-state index is 9.41. The molecule has 0 aliphatic carbocycles. The van der Waals surface area contributed by atoms with Gasteiger partial charge in [0.2, 0.25) is 0 Å². The highest BCUT2D eigenvalue weighted by Gasteiger charge is 2.24.